The number of anilines is 1. The molecular weight excluding hydrogens is 345 g/mol. The molecule has 2 heterocycles. The van der Waals surface area contributed by atoms with E-state index in [0.717, 1.165) is 30.1 Å². The molecule has 0 unspecified atom stereocenters. The van der Waals surface area contributed by atoms with Crippen molar-refractivity contribution in [3.8, 4) is 0 Å². The van der Waals surface area contributed by atoms with Gasteiger partial charge in [0.25, 0.3) is 5.91 Å². The maximum atomic E-state index is 13.4. The lowest BCUT2D eigenvalue weighted by Crippen LogP contribution is -2.22. The lowest BCUT2D eigenvalue weighted by molar-refractivity contribution is 0.102. The van der Waals surface area contributed by atoms with Crippen LogP contribution in [0.15, 0.2) is 22.7 Å². The fourth-order valence-electron chi connectivity index (χ4n) is 2.02. The van der Waals surface area contributed by atoms with E-state index in [1.807, 2.05) is 0 Å². The molecule has 0 aliphatic carbocycles. The number of aromatic nitrogens is 1. The highest BCUT2D eigenvalue weighted by molar-refractivity contribution is 9.10. The number of hydrogen-bond acceptors (Lipinski definition) is 4. The van der Waals surface area contributed by atoms with Gasteiger partial charge in [0.15, 0.2) is 5.13 Å². The van der Waals surface area contributed by atoms with Crippen molar-refractivity contribution in [2.45, 2.75) is 13.0 Å². The van der Waals surface area contributed by atoms with Gasteiger partial charge in [0.1, 0.15) is 5.82 Å². The van der Waals surface area contributed by atoms with Crippen molar-refractivity contribution in [2.24, 2.45) is 0 Å². The summed E-state index contributed by atoms with van der Waals surface area (Å²) >= 11 is 4.54. The molecule has 0 saturated carbocycles. The van der Waals surface area contributed by atoms with E-state index in [1.54, 1.807) is 6.07 Å². The van der Waals surface area contributed by atoms with E-state index < -0.39 is 5.82 Å². The fourth-order valence-corrected chi connectivity index (χ4v) is 3.44. The van der Waals surface area contributed by atoms with Crippen molar-refractivity contribution in [1.29, 1.82) is 0 Å². The Morgan fingerprint density at radius 3 is 3.15 bits per heavy atom. The van der Waals surface area contributed by atoms with Crippen molar-refractivity contribution in [1.82, 2.24) is 10.3 Å². The predicted octanol–water partition coefficient (Wildman–Crippen LogP) is 2.94. The Morgan fingerprint density at radius 1 is 1.50 bits per heavy atom. The third kappa shape index (κ3) is 2.61. The minimum Gasteiger partial charge on any atom is -0.311 e. The number of rotatable bonds is 2. The van der Waals surface area contributed by atoms with E-state index in [1.165, 1.54) is 23.5 Å². The van der Waals surface area contributed by atoms with Gasteiger partial charge in [-0.2, -0.15) is 0 Å². The van der Waals surface area contributed by atoms with E-state index in [4.69, 9.17) is 0 Å². The van der Waals surface area contributed by atoms with Crippen LogP contribution in [0.25, 0.3) is 0 Å². The SMILES string of the molecule is O=C(Nc1nc2c(s1)CNCC2)c1cccc(F)c1Br. The van der Waals surface area contributed by atoms with Gasteiger partial charge in [-0.25, -0.2) is 9.37 Å². The summed E-state index contributed by atoms with van der Waals surface area (Å²) in [5.74, 6) is -0.823. The van der Waals surface area contributed by atoms with E-state index in [-0.39, 0.29) is 15.9 Å². The summed E-state index contributed by atoms with van der Waals surface area (Å²) in [6.45, 7) is 1.69. The first-order valence-corrected chi connectivity index (χ1v) is 7.71. The summed E-state index contributed by atoms with van der Waals surface area (Å²) in [5.41, 5.74) is 1.29. The van der Waals surface area contributed by atoms with Crippen molar-refractivity contribution >= 4 is 38.3 Å². The Hall–Kier alpha value is -1.31. The Kier molecular flexibility index (Phi) is 3.82. The highest BCUT2D eigenvalue weighted by Crippen LogP contribution is 2.27. The molecule has 0 spiro atoms. The smallest absolute Gasteiger partial charge is 0.258 e. The number of halogens is 2. The van der Waals surface area contributed by atoms with Crippen LogP contribution in [0.4, 0.5) is 9.52 Å². The van der Waals surface area contributed by atoms with Gasteiger partial charge >= 0.3 is 0 Å². The molecule has 1 aliphatic rings. The number of nitrogens with zero attached hydrogens (tertiary/aromatic N) is 1. The summed E-state index contributed by atoms with van der Waals surface area (Å²) in [4.78, 5) is 17.7. The molecule has 7 heteroatoms. The third-order valence-electron chi connectivity index (χ3n) is 3.02. The van der Waals surface area contributed by atoms with E-state index in [9.17, 15) is 9.18 Å². The lowest BCUT2D eigenvalue weighted by Gasteiger charge is -2.09. The zero-order valence-corrected chi connectivity index (χ0v) is 12.8. The highest BCUT2D eigenvalue weighted by Gasteiger charge is 2.18. The second-order valence-electron chi connectivity index (χ2n) is 4.37. The summed E-state index contributed by atoms with van der Waals surface area (Å²) in [6.07, 6.45) is 0.866. The average molecular weight is 356 g/mol. The van der Waals surface area contributed by atoms with Crippen molar-refractivity contribution in [2.75, 3.05) is 11.9 Å². The number of nitrogens with one attached hydrogen (secondary N) is 2. The average Bonchev–Trinajstić information content (AvgIpc) is 2.83. The first kappa shape index (κ1) is 13.7. The Labute approximate surface area is 127 Å². The van der Waals surface area contributed by atoms with Gasteiger partial charge in [-0.3, -0.25) is 10.1 Å². The quantitative estimate of drug-likeness (QED) is 0.870. The first-order chi connectivity index (χ1) is 9.65. The minimum absolute atomic E-state index is 0.167. The predicted molar refractivity (Wildman–Crippen MR) is 79.6 cm³/mol. The Balaban J connectivity index is 1.82. The van der Waals surface area contributed by atoms with Crippen LogP contribution in [0, 0.1) is 5.82 Å². The molecule has 3 rings (SSSR count). The monoisotopic (exact) mass is 355 g/mol. The summed E-state index contributed by atoms with van der Waals surface area (Å²) in [5, 5.41) is 6.54. The van der Waals surface area contributed by atoms with Gasteiger partial charge in [0.2, 0.25) is 0 Å². The van der Waals surface area contributed by atoms with Crippen LogP contribution in [0.5, 0.6) is 0 Å². The molecule has 2 N–H and O–H groups in total. The van der Waals surface area contributed by atoms with Crippen LogP contribution in [0.3, 0.4) is 0 Å². The molecule has 1 aliphatic heterocycles. The standard InChI is InChI=1S/C13H11BrFN3OS/c14-11-7(2-1-3-8(11)15)12(19)18-13-17-9-4-5-16-6-10(9)20-13/h1-3,16H,4-6H2,(H,17,18,19). The topological polar surface area (TPSA) is 54.0 Å². The second-order valence-corrected chi connectivity index (χ2v) is 6.25. The van der Waals surface area contributed by atoms with Crippen LogP contribution >= 0.6 is 27.3 Å². The van der Waals surface area contributed by atoms with E-state index in [0.29, 0.717) is 5.13 Å². The molecule has 0 atom stereocenters. The van der Waals surface area contributed by atoms with Gasteiger partial charge in [0, 0.05) is 24.4 Å². The maximum Gasteiger partial charge on any atom is 0.258 e. The van der Waals surface area contributed by atoms with Gasteiger partial charge in [-0.05, 0) is 28.1 Å². The number of thiazole rings is 1. The lowest BCUT2D eigenvalue weighted by atomic mass is 10.2. The summed E-state index contributed by atoms with van der Waals surface area (Å²) < 4.78 is 13.6. The summed E-state index contributed by atoms with van der Waals surface area (Å²) in [6, 6.07) is 4.37. The summed E-state index contributed by atoms with van der Waals surface area (Å²) in [7, 11) is 0. The van der Waals surface area contributed by atoms with Crippen molar-refractivity contribution in [3.63, 3.8) is 0 Å². The molecule has 0 fully saturated rings. The molecule has 1 amide bonds. The number of benzene rings is 1. The zero-order chi connectivity index (χ0) is 14.1. The third-order valence-corrected chi connectivity index (χ3v) is 4.84. The van der Waals surface area contributed by atoms with Crippen LogP contribution < -0.4 is 10.6 Å². The number of fused-ring (bicyclic) bond motifs is 1. The van der Waals surface area contributed by atoms with Gasteiger partial charge in [-0.15, -0.1) is 11.3 Å². The molecule has 1 aromatic carbocycles. The van der Waals surface area contributed by atoms with Crippen LogP contribution in [0.2, 0.25) is 0 Å². The highest BCUT2D eigenvalue weighted by atomic mass is 79.9. The molecule has 0 radical (unpaired) electrons. The van der Waals surface area contributed by atoms with Gasteiger partial charge in [0.05, 0.1) is 15.7 Å². The molecule has 104 valence electrons. The van der Waals surface area contributed by atoms with Crippen molar-refractivity contribution in [3.05, 3.63) is 44.6 Å². The maximum absolute atomic E-state index is 13.4. The first-order valence-electron chi connectivity index (χ1n) is 6.10. The normalized spacial score (nSPS) is 13.9. The number of hydrogen-bond donors (Lipinski definition) is 2. The minimum atomic E-state index is -0.458. The van der Waals surface area contributed by atoms with Crippen LogP contribution in [0.1, 0.15) is 20.9 Å². The molecular formula is C13H11BrFN3OS. The molecule has 0 bridgehead atoms. The Morgan fingerprint density at radius 2 is 2.35 bits per heavy atom. The molecule has 1 aromatic heterocycles. The Bertz CT molecular complexity index is 650. The second kappa shape index (κ2) is 5.59. The van der Waals surface area contributed by atoms with Gasteiger partial charge < -0.3 is 5.32 Å². The molecule has 0 saturated heterocycles. The molecule has 2 aromatic rings. The van der Waals surface area contributed by atoms with Crippen molar-refractivity contribution < 1.29 is 9.18 Å². The number of amides is 1. The van der Waals surface area contributed by atoms with E-state index >= 15 is 0 Å². The fraction of sp³-hybridized carbons (Fsp3) is 0.231. The number of carbonyl (C=O) groups excluding carboxylic acids is 1. The van der Waals surface area contributed by atoms with E-state index in [2.05, 4.69) is 31.5 Å². The molecule has 20 heavy (non-hydrogen) atoms. The largest absolute Gasteiger partial charge is 0.311 e. The van der Waals surface area contributed by atoms with Crippen LogP contribution in [-0.2, 0) is 13.0 Å². The number of carbonyl (C=O) groups is 1. The molecule has 4 nitrogen and oxygen atoms in total. The van der Waals surface area contributed by atoms with Crippen LogP contribution in [-0.4, -0.2) is 17.4 Å². The zero-order valence-electron chi connectivity index (χ0n) is 10.4. The van der Waals surface area contributed by atoms with Gasteiger partial charge in [-0.1, -0.05) is 6.07 Å².